The van der Waals surface area contributed by atoms with Gasteiger partial charge in [0.25, 0.3) is 5.56 Å². The minimum Gasteiger partial charge on any atom is -0.497 e. The number of halogens is 1. The molecule has 0 aliphatic heterocycles. The summed E-state index contributed by atoms with van der Waals surface area (Å²) in [6.45, 7) is 2.00. The lowest BCUT2D eigenvalue weighted by Gasteiger charge is -2.11. The van der Waals surface area contributed by atoms with Gasteiger partial charge in [-0.25, -0.2) is 4.21 Å². The van der Waals surface area contributed by atoms with Crippen LogP contribution in [0.25, 0.3) is 21.3 Å². The number of terminal acetylenes is 1. The van der Waals surface area contributed by atoms with E-state index in [0.717, 1.165) is 32.0 Å². The summed E-state index contributed by atoms with van der Waals surface area (Å²) in [5.74, 6) is 0.739. The number of aromatic nitrogens is 1. The topological polar surface area (TPSA) is 71.2 Å². The maximum absolute atomic E-state index is 12.9. The van der Waals surface area contributed by atoms with Gasteiger partial charge in [-0.2, -0.15) is 0 Å². The van der Waals surface area contributed by atoms with Crippen LogP contribution in [0.15, 0.2) is 64.3 Å². The molecular formula is C23H19ClN2O3S2. The first-order valence-corrected chi connectivity index (χ1v) is 11.4. The number of nitrogens with one attached hydrogen (secondary N) is 2. The number of anilines is 1. The van der Waals surface area contributed by atoms with Crippen LogP contribution in [-0.4, -0.2) is 16.3 Å². The van der Waals surface area contributed by atoms with Gasteiger partial charge in [-0.1, -0.05) is 29.8 Å². The van der Waals surface area contributed by atoms with E-state index in [4.69, 9.17) is 16.3 Å². The summed E-state index contributed by atoms with van der Waals surface area (Å²) in [7, 11) is 0.0437. The second kappa shape index (κ2) is 9.84. The molecule has 4 aromatic rings. The molecule has 0 spiro atoms. The number of benzene rings is 2. The number of aromatic amines is 1. The molecule has 1 unspecified atom stereocenters. The van der Waals surface area contributed by atoms with Crippen molar-refractivity contribution in [2.24, 2.45) is 0 Å². The summed E-state index contributed by atoms with van der Waals surface area (Å²) in [5.41, 5.74) is 2.16. The molecule has 0 aliphatic carbocycles. The summed E-state index contributed by atoms with van der Waals surface area (Å²) in [4.78, 5) is 17.4. The Labute approximate surface area is 191 Å². The van der Waals surface area contributed by atoms with Crippen molar-refractivity contribution in [3.05, 3.63) is 74.9 Å². The lowest BCUT2D eigenvalue weighted by molar-refractivity contribution is 0.415. The Hall–Kier alpha value is -3.05. The highest BCUT2D eigenvalue weighted by Gasteiger charge is 2.18. The molecule has 4 rings (SSSR count). The largest absolute Gasteiger partial charge is 0.497 e. The molecule has 2 aromatic heterocycles. The monoisotopic (exact) mass is 470 g/mol. The number of pyridine rings is 1. The molecule has 158 valence electrons. The maximum Gasteiger partial charge on any atom is 0.251 e. The lowest BCUT2D eigenvalue weighted by Crippen LogP contribution is -2.10. The van der Waals surface area contributed by atoms with Crippen molar-refractivity contribution in [2.75, 3.05) is 11.8 Å². The van der Waals surface area contributed by atoms with Crippen molar-refractivity contribution in [2.45, 2.75) is 11.8 Å². The summed E-state index contributed by atoms with van der Waals surface area (Å²) >= 11 is 7.51. The molecule has 0 radical (unpaired) electrons. The minimum absolute atomic E-state index is 0.262. The van der Waals surface area contributed by atoms with E-state index in [1.165, 1.54) is 17.4 Å². The van der Waals surface area contributed by atoms with Gasteiger partial charge in [-0.3, -0.25) is 4.79 Å². The lowest BCUT2D eigenvalue weighted by atomic mass is 10.0. The molecule has 0 bridgehead atoms. The van der Waals surface area contributed by atoms with Gasteiger partial charge in [0.15, 0.2) is 0 Å². The second-order valence-corrected chi connectivity index (χ2v) is 9.22. The molecule has 0 saturated heterocycles. The Bertz CT molecular complexity index is 1340. The van der Waals surface area contributed by atoms with Gasteiger partial charge in [0.05, 0.1) is 17.7 Å². The highest BCUT2D eigenvalue weighted by Crippen LogP contribution is 2.41. The number of hydrogen-bond acceptors (Lipinski definition) is 4. The molecule has 0 saturated carbocycles. The summed E-state index contributed by atoms with van der Waals surface area (Å²) < 4.78 is 21.2. The smallest absolute Gasteiger partial charge is 0.251 e. The third-order valence-electron chi connectivity index (χ3n) is 4.44. The van der Waals surface area contributed by atoms with E-state index in [0.29, 0.717) is 15.6 Å². The van der Waals surface area contributed by atoms with Crippen LogP contribution in [0.5, 0.6) is 5.75 Å². The van der Waals surface area contributed by atoms with Crippen molar-refractivity contribution in [3.63, 3.8) is 0 Å². The van der Waals surface area contributed by atoms with Crippen LogP contribution in [0, 0.1) is 19.8 Å². The van der Waals surface area contributed by atoms with Crippen LogP contribution in [0.3, 0.4) is 0 Å². The van der Waals surface area contributed by atoms with Gasteiger partial charge in [-0.15, -0.1) is 24.2 Å². The summed E-state index contributed by atoms with van der Waals surface area (Å²) in [6, 6.07) is 16.0. The molecule has 31 heavy (non-hydrogen) atoms. The summed E-state index contributed by atoms with van der Waals surface area (Å²) in [6.07, 6.45) is 8.00. The first-order valence-electron chi connectivity index (χ1n) is 9.04. The number of methoxy groups -OCH3 is 1. The van der Waals surface area contributed by atoms with Gasteiger partial charge in [-0.05, 0) is 42.8 Å². The average molecular weight is 471 g/mol. The number of H-pyrrole nitrogens is 1. The van der Waals surface area contributed by atoms with E-state index in [1.54, 1.807) is 31.4 Å². The van der Waals surface area contributed by atoms with Gasteiger partial charge in [0.1, 0.15) is 21.6 Å². The zero-order chi connectivity index (χ0) is 22.5. The van der Waals surface area contributed by atoms with Crippen molar-refractivity contribution >= 4 is 49.8 Å². The van der Waals surface area contributed by atoms with Crippen LogP contribution in [0.2, 0.25) is 5.02 Å². The number of ether oxygens (including phenoxy) is 1. The van der Waals surface area contributed by atoms with Crippen molar-refractivity contribution in [1.29, 1.82) is 0 Å². The molecular weight excluding hydrogens is 452 g/mol. The first-order chi connectivity index (χ1) is 15.0. The van der Waals surface area contributed by atoms with E-state index in [1.807, 2.05) is 31.2 Å². The standard InChI is InChI=1S/C21H17ClN2O3S2.C2H2/c1-12-19(13-5-3-7-15(9-13)27-2)20-17(11-18(25)23-21(20)28-12)24-29(26)16-8-4-6-14(22)10-16;1-2/h3-11H,1-2H3,(H2,23,24,25);1-2H. The third kappa shape index (κ3) is 4.83. The van der Waals surface area contributed by atoms with Gasteiger partial charge in [0.2, 0.25) is 0 Å². The highest BCUT2D eigenvalue weighted by molar-refractivity contribution is 7.86. The molecule has 0 amide bonds. The normalized spacial score (nSPS) is 11.4. The van der Waals surface area contributed by atoms with Crippen LogP contribution >= 0.6 is 22.9 Å². The molecule has 2 N–H and O–H groups in total. The third-order valence-corrected chi connectivity index (χ3v) is 6.78. The first kappa shape index (κ1) is 22.6. The predicted molar refractivity (Wildman–Crippen MR) is 131 cm³/mol. The quantitative estimate of drug-likeness (QED) is 0.372. The van der Waals surface area contributed by atoms with Gasteiger partial charge in [0, 0.05) is 26.9 Å². The number of rotatable bonds is 5. The second-order valence-electron chi connectivity index (χ2n) is 6.34. The van der Waals surface area contributed by atoms with Crippen LogP contribution in [-0.2, 0) is 11.0 Å². The van der Waals surface area contributed by atoms with Gasteiger partial charge < -0.3 is 14.4 Å². The molecule has 0 fully saturated rings. The molecule has 1 atom stereocenters. The van der Waals surface area contributed by atoms with E-state index in [9.17, 15) is 9.00 Å². The Kier molecular flexibility index (Phi) is 7.18. The van der Waals surface area contributed by atoms with E-state index in [-0.39, 0.29) is 5.56 Å². The van der Waals surface area contributed by atoms with Gasteiger partial charge >= 0.3 is 0 Å². The summed E-state index contributed by atoms with van der Waals surface area (Å²) in [5, 5.41) is 1.31. The molecule has 0 aliphatic rings. The molecule has 5 nitrogen and oxygen atoms in total. The average Bonchev–Trinajstić information content (AvgIpc) is 3.10. The van der Waals surface area contributed by atoms with Crippen molar-refractivity contribution < 1.29 is 8.95 Å². The molecule has 2 heterocycles. The number of hydrogen-bond donors (Lipinski definition) is 2. The SMILES string of the molecule is C#C.COc1cccc(-c2c(C)sc3[nH]c(=O)cc(NS(=O)c4cccc(Cl)c4)c23)c1. The number of fused-ring (bicyclic) bond motifs is 1. The Morgan fingerprint density at radius 2 is 1.87 bits per heavy atom. The van der Waals surface area contributed by atoms with Crippen LogP contribution < -0.4 is 15.0 Å². The zero-order valence-electron chi connectivity index (χ0n) is 16.8. The minimum atomic E-state index is -1.58. The predicted octanol–water partition coefficient (Wildman–Crippen LogP) is 5.61. The van der Waals surface area contributed by atoms with Crippen molar-refractivity contribution in [1.82, 2.24) is 4.98 Å². The van der Waals surface area contributed by atoms with Crippen LogP contribution in [0.1, 0.15) is 4.88 Å². The Morgan fingerprint density at radius 3 is 2.58 bits per heavy atom. The maximum atomic E-state index is 12.9. The Balaban J connectivity index is 0.00000132. The number of thiophene rings is 1. The van der Waals surface area contributed by atoms with E-state index in [2.05, 4.69) is 22.6 Å². The fourth-order valence-electron chi connectivity index (χ4n) is 3.19. The number of aryl methyl sites for hydroxylation is 1. The van der Waals surface area contributed by atoms with E-state index >= 15 is 0 Å². The Morgan fingerprint density at radius 1 is 1.13 bits per heavy atom. The zero-order valence-corrected chi connectivity index (χ0v) is 19.2. The van der Waals surface area contributed by atoms with E-state index < -0.39 is 11.0 Å². The highest BCUT2D eigenvalue weighted by atomic mass is 35.5. The van der Waals surface area contributed by atoms with Crippen molar-refractivity contribution in [3.8, 4) is 29.7 Å². The molecule has 2 aromatic carbocycles. The fourth-order valence-corrected chi connectivity index (χ4v) is 5.45. The fraction of sp³-hybridized carbons (Fsp3) is 0.0870. The molecule has 8 heteroatoms. The van der Waals surface area contributed by atoms with Crippen LogP contribution in [0.4, 0.5) is 5.69 Å².